The van der Waals surface area contributed by atoms with E-state index in [-0.39, 0.29) is 11.8 Å². The van der Waals surface area contributed by atoms with Crippen LogP contribution in [0, 0.1) is 5.92 Å². The molecule has 0 aromatic carbocycles. The number of rotatable bonds is 2. The lowest BCUT2D eigenvalue weighted by molar-refractivity contribution is -0.133. The highest BCUT2D eigenvalue weighted by Crippen LogP contribution is 2.31. The standard InChI is InChI=1S/C12H19N3O3S/c1-2-18-12(17)13-11(19)15-7-5-14(6-8-15)10(16)9-3-4-9/h9H,2-8H2,1H3,(H,13,17,19). The lowest BCUT2D eigenvalue weighted by Gasteiger charge is -2.36. The molecule has 1 aliphatic carbocycles. The fourth-order valence-electron chi connectivity index (χ4n) is 2.05. The van der Waals surface area contributed by atoms with Crippen LogP contribution in [-0.2, 0) is 9.53 Å². The molecule has 1 saturated carbocycles. The molecule has 1 aliphatic heterocycles. The van der Waals surface area contributed by atoms with Crippen molar-refractivity contribution in [1.82, 2.24) is 15.1 Å². The highest BCUT2D eigenvalue weighted by atomic mass is 32.1. The van der Waals surface area contributed by atoms with E-state index in [0.29, 0.717) is 37.9 Å². The Kier molecular flexibility index (Phi) is 4.57. The predicted molar refractivity (Wildman–Crippen MR) is 73.6 cm³/mol. The molecule has 106 valence electrons. The van der Waals surface area contributed by atoms with E-state index in [2.05, 4.69) is 5.32 Å². The first-order chi connectivity index (χ1) is 9.11. The lowest BCUT2D eigenvalue weighted by Crippen LogP contribution is -2.54. The van der Waals surface area contributed by atoms with Crippen LogP contribution in [0.25, 0.3) is 0 Å². The smallest absolute Gasteiger partial charge is 0.413 e. The van der Waals surface area contributed by atoms with Crippen LogP contribution in [-0.4, -0.2) is 59.7 Å². The molecule has 0 spiro atoms. The van der Waals surface area contributed by atoms with E-state index in [1.807, 2.05) is 9.80 Å². The maximum atomic E-state index is 11.9. The van der Waals surface area contributed by atoms with Crippen LogP contribution in [0.15, 0.2) is 0 Å². The summed E-state index contributed by atoms with van der Waals surface area (Å²) >= 11 is 5.14. The van der Waals surface area contributed by atoms with Crippen LogP contribution < -0.4 is 5.32 Å². The summed E-state index contributed by atoms with van der Waals surface area (Å²) in [5, 5.41) is 2.89. The van der Waals surface area contributed by atoms with Gasteiger partial charge in [0.15, 0.2) is 5.11 Å². The number of nitrogens with zero attached hydrogens (tertiary/aromatic N) is 2. The fourth-order valence-corrected chi connectivity index (χ4v) is 2.32. The van der Waals surface area contributed by atoms with Crippen molar-refractivity contribution in [1.29, 1.82) is 0 Å². The van der Waals surface area contributed by atoms with Crippen molar-refractivity contribution in [2.24, 2.45) is 5.92 Å². The van der Waals surface area contributed by atoms with Crippen molar-refractivity contribution in [3.63, 3.8) is 0 Å². The number of amides is 2. The van der Waals surface area contributed by atoms with Gasteiger partial charge in [0.25, 0.3) is 0 Å². The molecular weight excluding hydrogens is 266 g/mol. The molecule has 2 aliphatic rings. The molecule has 0 aromatic heterocycles. The number of hydrogen-bond acceptors (Lipinski definition) is 4. The Morgan fingerprint density at radius 2 is 1.79 bits per heavy atom. The third-order valence-corrected chi connectivity index (χ3v) is 3.65. The highest BCUT2D eigenvalue weighted by Gasteiger charge is 2.34. The summed E-state index contributed by atoms with van der Waals surface area (Å²) < 4.78 is 4.77. The Labute approximate surface area is 118 Å². The first kappa shape index (κ1) is 14.0. The summed E-state index contributed by atoms with van der Waals surface area (Å²) in [6.07, 6.45) is 1.54. The Hall–Kier alpha value is -1.37. The second-order valence-electron chi connectivity index (χ2n) is 4.74. The van der Waals surface area contributed by atoms with Crippen LogP contribution in [0.5, 0.6) is 0 Å². The van der Waals surface area contributed by atoms with Gasteiger partial charge in [0.2, 0.25) is 5.91 Å². The van der Waals surface area contributed by atoms with Crippen LogP contribution in [0.3, 0.4) is 0 Å². The molecule has 0 atom stereocenters. The van der Waals surface area contributed by atoms with E-state index < -0.39 is 6.09 Å². The zero-order valence-electron chi connectivity index (χ0n) is 11.1. The molecule has 1 heterocycles. The Bertz CT molecular complexity index is 376. The zero-order chi connectivity index (χ0) is 13.8. The van der Waals surface area contributed by atoms with Crippen molar-refractivity contribution in [3.05, 3.63) is 0 Å². The molecule has 0 aromatic rings. The molecule has 1 N–H and O–H groups in total. The lowest BCUT2D eigenvalue weighted by atomic mass is 10.3. The minimum atomic E-state index is -0.524. The molecule has 2 fully saturated rings. The third-order valence-electron chi connectivity index (χ3n) is 3.29. The van der Waals surface area contributed by atoms with Crippen molar-refractivity contribution in [2.75, 3.05) is 32.8 Å². The van der Waals surface area contributed by atoms with Crippen LogP contribution >= 0.6 is 12.2 Å². The van der Waals surface area contributed by atoms with Gasteiger partial charge in [0.05, 0.1) is 6.61 Å². The molecular formula is C12H19N3O3S. The van der Waals surface area contributed by atoms with Gasteiger partial charge in [0, 0.05) is 32.1 Å². The normalized spacial score (nSPS) is 19.0. The van der Waals surface area contributed by atoms with Crippen LogP contribution in [0.1, 0.15) is 19.8 Å². The Morgan fingerprint density at radius 3 is 2.32 bits per heavy atom. The van der Waals surface area contributed by atoms with Crippen molar-refractivity contribution >= 4 is 29.3 Å². The molecule has 19 heavy (non-hydrogen) atoms. The quantitative estimate of drug-likeness (QED) is 0.752. The van der Waals surface area contributed by atoms with Gasteiger partial charge in [0.1, 0.15) is 0 Å². The minimum Gasteiger partial charge on any atom is -0.450 e. The predicted octanol–water partition coefficient (Wildman–Crippen LogP) is 0.572. The van der Waals surface area contributed by atoms with Crippen LogP contribution in [0.4, 0.5) is 4.79 Å². The second kappa shape index (κ2) is 6.18. The summed E-state index contributed by atoms with van der Waals surface area (Å²) in [5.41, 5.74) is 0. The van der Waals surface area contributed by atoms with E-state index in [4.69, 9.17) is 17.0 Å². The molecule has 1 saturated heterocycles. The van der Waals surface area contributed by atoms with Gasteiger partial charge in [-0.2, -0.15) is 0 Å². The number of ether oxygens (including phenoxy) is 1. The zero-order valence-corrected chi connectivity index (χ0v) is 11.9. The maximum absolute atomic E-state index is 11.9. The number of alkyl carbamates (subject to hydrolysis) is 1. The summed E-state index contributed by atoms with van der Waals surface area (Å²) in [5.74, 6) is 0.528. The molecule has 2 amide bonds. The average Bonchev–Trinajstić information content (AvgIpc) is 3.22. The summed E-state index contributed by atoms with van der Waals surface area (Å²) in [6, 6.07) is 0. The van der Waals surface area contributed by atoms with Gasteiger partial charge in [-0.1, -0.05) is 0 Å². The van der Waals surface area contributed by atoms with Gasteiger partial charge in [-0.25, -0.2) is 4.79 Å². The topological polar surface area (TPSA) is 61.9 Å². The number of hydrogen-bond donors (Lipinski definition) is 1. The average molecular weight is 285 g/mol. The summed E-state index contributed by atoms with van der Waals surface area (Å²) in [6.45, 7) is 4.70. The molecule has 6 nitrogen and oxygen atoms in total. The van der Waals surface area contributed by atoms with Gasteiger partial charge < -0.3 is 14.5 Å². The van der Waals surface area contributed by atoms with E-state index in [9.17, 15) is 9.59 Å². The number of carbonyl (C=O) groups excluding carboxylic acids is 2. The molecule has 0 unspecified atom stereocenters. The first-order valence-electron chi connectivity index (χ1n) is 6.63. The largest absolute Gasteiger partial charge is 0.450 e. The van der Waals surface area contributed by atoms with E-state index in [1.165, 1.54) is 0 Å². The molecule has 0 radical (unpaired) electrons. The Balaban J connectivity index is 1.74. The number of nitrogens with one attached hydrogen (secondary N) is 1. The van der Waals surface area contributed by atoms with Gasteiger partial charge in [-0.05, 0) is 32.0 Å². The summed E-state index contributed by atoms with van der Waals surface area (Å²) in [7, 11) is 0. The first-order valence-corrected chi connectivity index (χ1v) is 7.04. The number of thiocarbonyl (C=S) groups is 1. The van der Waals surface area contributed by atoms with E-state index in [0.717, 1.165) is 12.8 Å². The molecule has 7 heteroatoms. The Morgan fingerprint density at radius 1 is 1.21 bits per heavy atom. The third kappa shape index (κ3) is 3.79. The van der Waals surface area contributed by atoms with E-state index in [1.54, 1.807) is 6.92 Å². The second-order valence-corrected chi connectivity index (χ2v) is 5.12. The van der Waals surface area contributed by atoms with Crippen LogP contribution in [0.2, 0.25) is 0 Å². The number of piperazine rings is 1. The number of carbonyl (C=O) groups is 2. The summed E-state index contributed by atoms with van der Waals surface area (Å²) in [4.78, 5) is 26.9. The van der Waals surface area contributed by atoms with Crippen molar-refractivity contribution < 1.29 is 14.3 Å². The van der Waals surface area contributed by atoms with Crippen molar-refractivity contribution in [2.45, 2.75) is 19.8 Å². The molecule has 2 rings (SSSR count). The minimum absolute atomic E-state index is 0.260. The monoisotopic (exact) mass is 285 g/mol. The van der Waals surface area contributed by atoms with Gasteiger partial charge in [-0.15, -0.1) is 0 Å². The van der Waals surface area contributed by atoms with Gasteiger partial charge in [-0.3, -0.25) is 10.1 Å². The maximum Gasteiger partial charge on any atom is 0.413 e. The van der Waals surface area contributed by atoms with E-state index >= 15 is 0 Å². The van der Waals surface area contributed by atoms with Crippen molar-refractivity contribution in [3.8, 4) is 0 Å². The molecule has 0 bridgehead atoms. The fraction of sp³-hybridized carbons (Fsp3) is 0.750. The van der Waals surface area contributed by atoms with Gasteiger partial charge >= 0.3 is 6.09 Å². The highest BCUT2D eigenvalue weighted by molar-refractivity contribution is 7.80. The SMILES string of the molecule is CCOC(=O)NC(=S)N1CCN(C(=O)C2CC2)CC1.